The van der Waals surface area contributed by atoms with Crippen molar-refractivity contribution in [2.75, 3.05) is 20.1 Å². The lowest BCUT2D eigenvalue weighted by Crippen LogP contribution is -2.50. The van der Waals surface area contributed by atoms with E-state index in [4.69, 9.17) is 0 Å². The quantitative estimate of drug-likeness (QED) is 0.687. The fraction of sp³-hybridized carbons (Fsp3) is 0.941. The Kier molecular flexibility index (Phi) is 7.67. The van der Waals surface area contributed by atoms with Gasteiger partial charge in [-0.2, -0.15) is 0 Å². The first kappa shape index (κ1) is 18.4. The molecule has 0 aromatic heterocycles. The molecule has 0 aromatic carbocycles. The second-order valence-electron chi connectivity index (χ2n) is 7.06. The summed E-state index contributed by atoms with van der Waals surface area (Å²) in [5.41, 5.74) is -0.780. The van der Waals surface area contributed by atoms with E-state index < -0.39 is 11.5 Å². The molecule has 0 bridgehead atoms. The largest absolute Gasteiger partial charge is 0.480 e. The number of hydrogen-bond acceptors (Lipinski definition) is 3. The number of carbonyl (C=O) groups is 1. The average Bonchev–Trinajstić information content (AvgIpc) is 2.45. The van der Waals surface area contributed by atoms with Crippen LogP contribution >= 0.6 is 0 Å². The summed E-state index contributed by atoms with van der Waals surface area (Å²) in [7, 11) is 2.19. The minimum Gasteiger partial charge on any atom is -0.480 e. The Morgan fingerprint density at radius 1 is 1.33 bits per heavy atom. The molecule has 1 unspecified atom stereocenters. The topological polar surface area (TPSA) is 52.6 Å². The third-order valence-electron chi connectivity index (χ3n) is 5.03. The number of nitrogens with zero attached hydrogens (tertiary/aromatic N) is 1. The first-order valence-electron chi connectivity index (χ1n) is 8.57. The normalized spacial score (nSPS) is 25.8. The van der Waals surface area contributed by atoms with Crippen molar-refractivity contribution in [3.63, 3.8) is 0 Å². The van der Waals surface area contributed by atoms with Crippen molar-refractivity contribution in [3.8, 4) is 0 Å². The van der Waals surface area contributed by atoms with Crippen LogP contribution in [0.2, 0.25) is 0 Å². The zero-order chi connectivity index (χ0) is 15.9. The van der Waals surface area contributed by atoms with Crippen molar-refractivity contribution in [2.45, 2.75) is 77.3 Å². The summed E-state index contributed by atoms with van der Waals surface area (Å²) < 4.78 is 0. The van der Waals surface area contributed by atoms with Crippen molar-refractivity contribution in [1.82, 2.24) is 10.2 Å². The van der Waals surface area contributed by atoms with Crippen molar-refractivity contribution >= 4 is 5.97 Å². The number of rotatable bonds is 9. The molecule has 1 aliphatic carbocycles. The fourth-order valence-corrected chi connectivity index (χ4v) is 3.22. The highest BCUT2D eigenvalue weighted by Gasteiger charge is 2.32. The molecule has 0 heterocycles. The second-order valence-corrected chi connectivity index (χ2v) is 7.06. The highest BCUT2D eigenvalue weighted by Crippen LogP contribution is 2.26. The van der Waals surface area contributed by atoms with Crippen LogP contribution < -0.4 is 5.32 Å². The van der Waals surface area contributed by atoms with E-state index in [-0.39, 0.29) is 0 Å². The van der Waals surface area contributed by atoms with Gasteiger partial charge in [0.25, 0.3) is 0 Å². The Hall–Kier alpha value is -0.610. The summed E-state index contributed by atoms with van der Waals surface area (Å²) in [5.74, 6) is 0.147. The molecule has 4 heteroatoms. The van der Waals surface area contributed by atoms with Crippen molar-refractivity contribution in [3.05, 3.63) is 0 Å². The lowest BCUT2D eigenvalue weighted by molar-refractivity contribution is -0.144. The van der Waals surface area contributed by atoms with Gasteiger partial charge in [-0.3, -0.25) is 4.79 Å². The molecule has 124 valence electrons. The van der Waals surface area contributed by atoms with E-state index in [1.807, 2.05) is 6.92 Å². The van der Waals surface area contributed by atoms with E-state index in [0.717, 1.165) is 31.8 Å². The van der Waals surface area contributed by atoms with Gasteiger partial charge in [-0.1, -0.05) is 13.8 Å². The van der Waals surface area contributed by atoms with Crippen LogP contribution in [0.15, 0.2) is 0 Å². The van der Waals surface area contributed by atoms with Gasteiger partial charge >= 0.3 is 5.97 Å². The average molecular weight is 298 g/mol. The molecule has 21 heavy (non-hydrogen) atoms. The lowest BCUT2D eigenvalue weighted by Gasteiger charge is -2.34. The minimum absolute atomic E-state index is 0.690. The van der Waals surface area contributed by atoms with Gasteiger partial charge in [0.05, 0.1) is 0 Å². The van der Waals surface area contributed by atoms with Gasteiger partial charge in [-0.05, 0) is 77.9 Å². The Balaban J connectivity index is 2.34. The SMILES string of the molecule is CCCNC(C)(CCCN(C)C1CCC(C)CC1)C(=O)O. The summed E-state index contributed by atoms with van der Waals surface area (Å²) in [4.78, 5) is 13.9. The van der Waals surface area contributed by atoms with E-state index in [1.54, 1.807) is 0 Å². The highest BCUT2D eigenvalue weighted by atomic mass is 16.4. The molecule has 4 nitrogen and oxygen atoms in total. The van der Waals surface area contributed by atoms with Crippen LogP contribution in [0, 0.1) is 5.92 Å². The van der Waals surface area contributed by atoms with Gasteiger partial charge in [0.15, 0.2) is 0 Å². The smallest absolute Gasteiger partial charge is 0.323 e. The number of nitrogens with one attached hydrogen (secondary N) is 1. The van der Waals surface area contributed by atoms with Crippen LogP contribution in [0.5, 0.6) is 0 Å². The Morgan fingerprint density at radius 3 is 2.48 bits per heavy atom. The maximum Gasteiger partial charge on any atom is 0.323 e. The molecule has 0 saturated heterocycles. The predicted molar refractivity (Wildman–Crippen MR) is 87.6 cm³/mol. The molecule has 1 fully saturated rings. The summed E-state index contributed by atoms with van der Waals surface area (Å²) >= 11 is 0. The fourth-order valence-electron chi connectivity index (χ4n) is 3.22. The zero-order valence-electron chi connectivity index (χ0n) is 14.3. The first-order chi connectivity index (χ1) is 9.89. The second kappa shape index (κ2) is 8.74. The number of carboxylic acids is 1. The molecule has 0 amide bonds. The van der Waals surface area contributed by atoms with Crippen molar-refractivity contribution in [2.24, 2.45) is 5.92 Å². The molecule has 1 aliphatic rings. The Labute approximate surface area is 130 Å². The summed E-state index contributed by atoms with van der Waals surface area (Å²) in [6.45, 7) is 7.98. The van der Waals surface area contributed by atoms with E-state index >= 15 is 0 Å². The molecular weight excluding hydrogens is 264 g/mol. The minimum atomic E-state index is -0.780. The molecule has 2 N–H and O–H groups in total. The summed E-state index contributed by atoms with van der Waals surface area (Å²) in [5, 5.41) is 12.6. The van der Waals surface area contributed by atoms with E-state index in [2.05, 4.69) is 31.1 Å². The molecule has 0 spiro atoms. The van der Waals surface area contributed by atoms with Crippen LogP contribution in [0.4, 0.5) is 0 Å². The maximum atomic E-state index is 11.5. The Morgan fingerprint density at radius 2 is 1.95 bits per heavy atom. The molecule has 1 atom stereocenters. The third kappa shape index (κ3) is 5.95. The van der Waals surface area contributed by atoms with E-state index in [1.165, 1.54) is 25.7 Å². The van der Waals surface area contributed by atoms with Crippen molar-refractivity contribution < 1.29 is 9.90 Å². The van der Waals surface area contributed by atoms with Crippen LogP contribution in [0.1, 0.15) is 65.7 Å². The van der Waals surface area contributed by atoms with Crippen LogP contribution in [-0.4, -0.2) is 47.7 Å². The number of carboxylic acid groups (broad SMARTS) is 1. The molecule has 0 aromatic rings. The molecule has 1 rings (SSSR count). The number of hydrogen-bond donors (Lipinski definition) is 2. The van der Waals surface area contributed by atoms with Gasteiger partial charge in [0, 0.05) is 6.04 Å². The molecule has 0 aliphatic heterocycles. The van der Waals surface area contributed by atoms with Gasteiger partial charge in [0.2, 0.25) is 0 Å². The molecule has 1 saturated carbocycles. The number of aliphatic carboxylic acids is 1. The van der Waals surface area contributed by atoms with Gasteiger partial charge in [-0.15, -0.1) is 0 Å². The molecule has 0 radical (unpaired) electrons. The zero-order valence-corrected chi connectivity index (χ0v) is 14.3. The van der Waals surface area contributed by atoms with Gasteiger partial charge in [0.1, 0.15) is 5.54 Å². The highest BCUT2D eigenvalue weighted by molar-refractivity contribution is 5.78. The van der Waals surface area contributed by atoms with E-state index in [0.29, 0.717) is 12.5 Å². The Bertz CT molecular complexity index is 314. The maximum absolute atomic E-state index is 11.5. The lowest BCUT2D eigenvalue weighted by atomic mass is 9.86. The third-order valence-corrected chi connectivity index (χ3v) is 5.03. The van der Waals surface area contributed by atoms with Crippen LogP contribution in [0.3, 0.4) is 0 Å². The van der Waals surface area contributed by atoms with Crippen molar-refractivity contribution in [1.29, 1.82) is 0 Å². The monoisotopic (exact) mass is 298 g/mol. The summed E-state index contributed by atoms with van der Waals surface area (Å²) in [6.07, 6.45) is 7.84. The van der Waals surface area contributed by atoms with Crippen LogP contribution in [0.25, 0.3) is 0 Å². The van der Waals surface area contributed by atoms with Gasteiger partial charge < -0.3 is 15.3 Å². The van der Waals surface area contributed by atoms with Gasteiger partial charge in [-0.25, -0.2) is 0 Å². The van der Waals surface area contributed by atoms with E-state index in [9.17, 15) is 9.90 Å². The first-order valence-corrected chi connectivity index (χ1v) is 8.57. The molecular formula is C17H34N2O2. The predicted octanol–water partition coefficient (Wildman–Crippen LogP) is 3.12. The standard InChI is InChI=1S/C17H34N2O2/c1-5-12-18-17(3,16(20)21)11-6-13-19(4)15-9-7-14(2)8-10-15/h14-15,18H,5-13H2,1-4H3,(H,20,21). The summed E-state index contributed by atoms with van der Waals surface area (Å²) in [6, 6.07) is 0.695. The van der Waals surface area contributed by atoms with Crippen LogP contribution in [-0.2, 0) is 4.79 Å².